The zero-order chi connectivity index (χ0) is 11.1. The van der Waals surface area contributed by atoms with Crippen molar-refractivity contribution in [3.63, 3.8) is 0 Å². The Morgan fingerprint density at radius 3 is 3.19 bits per heavy atom. The fourth-order valence-electron chi connectivity index (χ4n) is 2.14. The molecule has 0 bridgehead atoms. The zero-order valence-corrected chi connectivity index (χ0v) is 8.47. The average molecular weight is 214 g/mol. The summed E-state index contributed by atoms with van der Waals surface area (Å²) in [6.45, 7) is 0.549. The molecule has 16 heavy (non-hydrogen) atoms. The maximum absolute atomic E-state index is 11.4. The molecular formula is C11H10N4O. The summed E-state index contributed by atoms with van der Waals surface area (Å²) in [6.07, 6.45) is 5.11. The third kappa shape index (κ3) is 1.14. The maximum atomic E-state index is 11.4. The average Bonchev–Trinajstić information content (AvgIpc) is 2.73. The minimum Gasteiger partial charge on any atom is -0.382 e. The number of hydrogen-bond acceptors (Lipinski definition) is 4. The summed E-state index contributed by atoms with van der Waals surface area (Å²) in [4.78, 5) is 19.6. The third-order valence-electron chi connectivity index (χ3n) is 2.90. The van der Waals surface area contributed by atoms with Gasteiger partial charge in [-0.3, -0.25) is 14.8 Å². The Balaban J connectivity index is 2.33. The molecule has 3 rings (SSSR count). The number of amides is 1. The minimum atomic E-state index is -0.310. The highest BCUT2D eigenvalue weighted by Gasteiger charge is 2.28. The molecule has 0 aliphatic carbocycles. The minimum absolute atomic E-state index is 0.275. The molecule has 1 amide bonds. The van der Waals surface area contributed by atoms with Crippen LogP contribution in [0.2, 0.25) is 0 Å². The van der Waals surface area contributed by atoms with E-state index in [1.54, 1.807) is 18.6 Å². The van der Waals surface area contributed by atoms with E-state index in [1.807, 2.05) is 6.07 Å². The Hall–Kier alpha value is -2.17. The molecule has 0 saturated heterocycles. The van der Waals surface area contributed by atoms with Gasteiger partial charge in [0.15, 0.2) is 0 Å². The van der Waals surface area contributed by atoms with Gasteiger partial charge in [0.05, 0.1) is 29.5 Å². The number of fused-ring (bicyclic) bond motifs is 3. The van der Waals surface area contributed by atoms with Crippen molar-refractivity contribution in [1.29, 1.82) is 0 Å². The summed E-state index contributed by atoms with van der Waals surface area (Å²) in [5.41, 5.74) is 8.01. The van der Waals surface area contributed by atoms with Gasteiger partial charge in [0.1, 0.15) is 0 Å². The van der Waals surface area contributed by atoms with E-state index >= 15 is 0 Å². The van der Waals surface area contributed by atoms with Gasteiger partial charge in [-0.05, 0) is 6.07 Å². The molecule has 0 spiro atoms. The first kappa shape index (κ1) is 9.08. The van der Waals surface area contributed by atoms with Crippen molar-refractivity contribution in [3.8, 4) is 0 Å². The van der Waals surface area contributed by atoms with Gasteiger partial charge in [0.25, 0.3) is 0 Å². The lowest BCUT2D eigenvalue weighted by molar-refractivity contribution is -0.119. The molecule has 0 fully saturated rings. The summed E-state index contributed by atoms with van der Waals surface area (Å²) in [7, 11) is 0. The SMILES string of the molecule is NC(=O)C1CNc2cnc3cnccc3c21. The quantitative estimate of drug-likeness (QED) is 0.729. The molecule has 1 unspecified atom stereocenters. The first-order valence-corrected chi connectivity index (χ1v) is 5.03. The molecule has 0 radical (unpaired) electrons. The van der Waals surface area contributed by atoms with Crippen LogP contribution in [0.3, 0.4) is 0 Å². The fourth-order valence-corrected chi connectivity index (χ4v) is 2.14. The van der Waals surface area contributed by atoms with E-state index in [9.17, 15) is 4.79 Å². The van der Waals surface area contributed by atoms with Crippen LogP contribution in [0.5, 0.6) is 0 Å². The predicted octanol–water partition coefficient (Wildman–Crippen LogP) is 0.624. The summed E-state index contributed by atoms with van der Waals surface area (Å²) in [5, 5.41) is 4.09. The summed E-state index contributed by atoms with van der Waals surface area (Å²) in [6, 6.07) is 1.87. The lowest BCUT2D eigenvalue weighted by atomic mass is 9.98. The van der Waals surface area contributed by atoms with E-state index in [-0.39, 0.29) is 11.8 Å². The van der Waals surface area contributed by atoms with Gasteiger partial charge in [-0.2, -0.15) is 0 Å². The second-order valence-corrected chi connectivity index (χ2v) is 3.81. The Morgan fingerprint density at radius 1 is 1.50 bits per heavy atom. The second kappa shape index (κ2) is 3.16. The van der Waals surface area contributed by atoms with Crippen LogP contribution in [0.1, 0.15) is 11.5 Å². The molecule has 2 aromatic heterocycles. The lowest BCUT2D eigenvalue weighted by Crippen LogP contribution is -2.22. The van der Waals surface area contributed by atoms with Crippen LogP contribution in [0.25, 0.3) is 10.9 Å². The van der Waals surface area contributed by atoms with Crippen LogP contribution in [0, 0.1) is 0 Å². The predicted molar refractivity (Wildman–Crippen MR) is 60.0 cm³/mol. The normalized spacial score (nSPS) is 18.1. The van der Waals surface area contributed by atoms with Crippen LogP contribution >= 0.6 is 0 Å². The highest BCUT2D eigenvalue weighted by molar-refractivity contribution is 5.96. The highest BCUT2D eigenvalue weighted by atomic mass is 16.1. The van der Waals surface area contributed by atoms with Gasteiger partial charge in [-0.15, -0.1) is 0 Å². The Bertz CT molecular complexity index is 581. The molecule has 3 heterocycles. The van der Waals surface area contributed by atoms with Crippen molar-refractivity contribution in [1.82, 2.24) is 9.97 Å². The molecule has 3 N–H and O–H groups in total. The number of aromatic nitrogens is 2. The Kier molecular flexibility index (Phi) is 1.80. The molecule has 5 nitrogen and oxygen atoms in total. The lowest BCUT2D eigenvalue weighted by Gasteiger charge is -2.07. The van der Waals surface area contributed by atoms with Gasteiger partial charge >= 0.3 is 0 Å². The van der Waals surface area contributed by atoms with E-state index in [0.717, 1.165) is 22.2 Å². The second-order valence-electron chi connectivity index (χ2n) is 3.81. The van der Waals surface area contributed by atoms with Crippen molar-refractivity contribution in [2.45, 2.75) is 5.92 Å². The van der Waals surface area contributed by atoms with E-state index in [4.69, 9.17) is 5.73 Å². The molecule has 1 aliphatic heterocycles. The number of hydrogen-bond donors (Lipinski definition) is 2. The van der Waals surface area contributed by atoms with Crippen LogP contribution in [-0.2, 0) is 4.79 Å². The third-order valence-corrected chi connectivity index (χ3v) is 2.90. The molecule has 1 atom stereocenters. The van der Waals surface area contributed by atoms with Crippen molar-refractivity contribution >= 4 is 22.5 Å². The molecule has 0 aromatic carbocycles. The van der Waals surface area contributed by atoms with E-state index in [0.29, 0.717) is 6.54 Å². The fraction of sp³-hybridized carbons (Fsp3) is 0.182. The van der Waals surface area contributed by atoms with Crippen molar-refractivity contribution in [3.05, 3.63) is 30.2 Å². The number of nitrogens with zero attached hydrogens (tertiary/aromatic N) is 2. The molecule has 0 saturated carbocycles. The number of rotatable bonds is 1. The van der Waals surface area contributed by atoms with Crippen LogP contribution in [0.15, 0.2) is 24.7 Å². The maximum Gasteiger partial charge on any atom is 0.226 e. The summed E-state index contributed by atoms with van der Waals surface area (Å²) < 4.78 is 0. The smallest absolute Gasteiger partial charge is 0.226 e. The number of nitrogens with two attached hydrogens (primary N) is 1. The number of primary amides is 1. The standard InChI is InChI=1S/C11H10N4O/c12-11(16)7-3-14-9-5-15-8-4-13-2-1-6(8)10(7)9/h1-2,4-5,7,14H,3H2,(H2,12,16). The largest absolute Gasteiger partial charge is 0.382 e. The molecular weight excluding hydrogens is 204 g/mol. The topological polar surface area (TPSA) is 80.9 Å². The number of anilines is 1. The van der Waals surface area contributed by atoms with Crippen LogP contribution in [-0.4, -0.2) is 22.4 Å². The highest BCUT2D eigenvalue weighted by Crippen LogP contribution is 2.35. The van der Waals surface area contributed by atoms with Crippen LogP contribution in [0.4, 0.5) is 5.69 Å². The molecule has 2 aromatic rings. The van der Waals surface area contributed by atoms with Crippen LogP contribution < -0.4 is 11.1 Å². The van der Waals surface area contributed by atoms with Gasteiger partial charge in [-0.25, -0.2) is 0 Å². The Labute approximate surface area is 91.7 Å². The van der Waals surface area contributed by atoms with Crippen molar-refractivity contribution in [2.24, 2.45) is 5.73 Å². The first-order valence-electron chi connectivity index (χ1n) is 5.03. The summed E-state index contributed by atoms with van der Waals surface area (Å²) in [5.74, 6) is -0.585. The van der Waals surface area contributed by atoms with E-state index in [1.165, 1.54) is 0 Å². The number of carbonyl (C=O) groups excluding carboxylic acids is 1. The number of nitrogens with one attached hydrogen (secondary N) is 1. The molecule has 80 valence electrons. The summed E-state index contributed by atoms with van der Waals surface area (Å²) >= 11 is 0. The van der Waals surface area contributed by atoms with E-state index in [2.05, 4.69) is 15.3 Å². The first-order chi connectivity index (χ1) is 7.77. The van der Waals surface area contributed by atoms with E-state index < -0.39 is 0 Å². The zero-order valence-electron chi connectivity index (χ0n) is 8.47. The Morgan fingerprint density at radius 2 is 2.38 bits per heavy atom. The van der Waals surface area contributed by atoms with Gasteiger partial charge in [0.2, 0.25) is 5.91 Å². The molecule has 1 aliphatic rings. The van der Waals surface area contributed by atoms with Gasteiger partial charge < -0.3 is 11.1 Å². The van der Waals surface area contributed by atoms with Crippen molar-refractivity contribution < 1.29 is 4.79 Å². The number of carbonyl (C=O) groups is 1. The molecule has 5 heteroatoms. The van der Waals surface area contributed by atoms with Crippen molar-refractivity contribution in [2.75, 3.05) is 11.9 Å². The monoisotopic (exact) mass is 214 g/mol. The van der Waals surface area contributed by atoms with Gasteiger partial charge in [0, 0.05) is 23.7 Å². The van der Waals surface area contributed by atoms with Gasteiger partial charge in [-0.1, -0.05) is 0 Å². The number of pyridine rings is 2.